The fourth-order valence-electron chi connectivity index (χ4n) is 3.00. The van der Waals surface area contributed by atoms with Crippen LogP contribution >= 0.6 is 22.9 Å². The van der Waals surface area contributed by atoms with E-state index in [0.29, 0.717) is 32.6 Å². The summed E-state index contributed by atoms with van der Waals surface area (Å²) in [5.41, 5.74) is 1.37. The molecule has 0 aliphatic rings. The van der Waals surface area contributed by atoms with Crippen molar-refractivity contribution in [3.8, 4) is 5.75 Å². The molecule has 0 saturated carbocycles. The zero-order valence-electron chi connectivity index (χ0n) is 15.9. The number of ether oxygens (including phenoxy) is 1. The quantitative estimate of drug-likeness (QED) is 0.399. The van der Waals surface area contributed by atoms with E-state index in [1.165, 1.54) is 11.3 Å². The van der Waals surface area contributed by atoms with Gasteiger partial charge in [-0.15, -0.1) is 11.3 Å². The van der Waals surface area contributed by atoms with Crippen LogP contribution in [-0.2, 0) is 0 Å². The molecule has 150 valence electrons. The number of fused-ring (bicyclic) bond motifs is 1. The lowest BCUT2D eigenvalue weighted by atomic mass is 10.1. The minimum absolute atomic E-state index is 0.335. The molecule has 0 atom stereocenters. The molecule has 5 nitrogen and oxygen atoms in total. The summed E-state index contributed by atoms with van der Waals surface area (Å²) in [5.74, 6) is 0.00489. The number of anilines is 2. The minimum atomic E-state index is -0.356. The molecule has 4 aromatic rings. The van der Waals surface area contributed by atoms with Crippen molar-refractivity contribution in [3.05, 3.63) is 88.3 Å². The maximum atomic E-state index is 12.9. The second-order valence-corrected chi connectivity index (χ2v) is 7.85. The van der Waals surface area contributed by atoms with Crippen LogP contribution in [0.25, 0.3) is 10.1 Å². The highest BCUT2D eigenvalue weighted by molar-refractivity contribution is 7.21. The van der Waals surface area contributed by atoms with Gasteiger partial charge in [0.05, 0.1) is 23.4 Å². The number of nitrogens with one attached hydrogen (secondary N) is 2. The van der Waals surface area contributed by atoms with Gasteiger partial charge in [0.1, 0.15) is 10.6 Å². The molecule has 0 bridgehead atoms. The molecule has 4 rings (SSSR count). The minimum Gasteiger partial charge on any atom is -0.497 e. The normalized spacial score (nSPS) is 10.6. The lowest BCUT2D eigenvalue weighted by molar-refractivity contribution is 0.102. The van der Waals surface area contributed by atoms with Crippen molar-refractivity contribution in [1.82, 2.24) is 0 Å². The molecule has 0 radical (unpaired) electrons. The van der Waals surface area contributed by atoms with Gasteiger partial charge in [-0.05, 0) is 42.5 Å². The van der Waals surface area contributed by atoms with Crippen LogP contribution in [0, 0.1) is 0 Å². The summed E-state index contributed by atoms with van der Waals surface area (Å²) >= 11 is 7.73. The first-order chi connectivity index (χ1) is 14.6. The van der Waals surface area contributed by atoms with Crippen molar-refractivity contribution in [2.24, 2.45) is 0 Å². The molecule has 0 fully saturated rings. The summed E-state index contributed by atoms with van der Waals surface area (Å²) in [4.78, 5) is 26.1. The molecule has 7 heteroatoms. The molecule has 1 heterocycles. The fraction of sp³-hybridized carbons (Fsp3) is 0.0435. The largest absolute Gasteiger partial charge is 0.497 e. The topological polar surface area (TPSA) is 67.4 Å². The van der Waals surface area contributed by atoms with Crippen molar-refractivity contribution < 1.29 is 14.3 Å². The first-order valence-electron chi connectivity index (χ1n) is 9.09. The van der Waals surface area contributed by atoms with E-state index in [1.807, 2.05) is 24.3 Å². The lowest BCUT2D eigenvalue weighted by Gasteiger charge is -2.11. The average Bonchev–Trinajstić information content (AvgIpc) is 3.11. The van der Waals surface area contributed by atoms with Crippen molar-refractivity contribution in [1.29, 1.82) is 0 Å². The molecule has 30 heavy (non-hydrogen) atoms. The van der Waals surface area contributed by atoms with Crippen LogP contribution in [0.3, 0.4) is 0 Å². The van der Waals surface area contributed by atoms with Crippen LogP contribution in [0.4, 0.5) is 11.4 Å². The van der Waals surface area contributed by atoms with Crippen LogP contribution in [-0.4, -0.2) is 18.9 Å². The number of methoxy groups -OCH3 is 1. The van der Waals surface area contributed by atoms with Crippen LogP contribution in [0.15, 0.2) is 72.8 Å². The van der Waals surface area contributed by atoms with E-state index >= 15 is 0 Å². The highest BCUT2D eigenvalue weighted by Crippen LogP contribution is 2.35. The molecule has 0 saturated heterocycles. The SMILES string of the molecule is COc1ccc(NC(=O)c2ccccc2NC(=O)c2sc3ccccc3c2Cl)cc1. The van der Waals surface area contributed by atoms with E-state index in [4.69, 9.17) is 16.3 Å². The Bertz CT molecular complexity index is 1230. The lowest BCUT2D eigenvalue weighted by Crippen LogP contribution is -2.17. The van der Waals surface area contributed by atoms with E-state index in [-0.39, 0.29) is 11.8 Å². The molecule has 1 aromatic heterocycles. The molecule has 0 spiro atoms. The van der Waals surface area contributed by atoms with E-state index in [2.05, 4.69) is 10.6 Å². The molecule has 0 aliphatic carbocycles. The van der Waals surface area contributed by atoms with Gasteiger partial charge in [-0.3, -0.25) is 9.59 Å². The average molecular weight is 437 g/mol. The van der Waals surface area contributed by atoms with Crippen LogP contribution in [0.2, 0.25) is 5.02 Å². The predicted molar refractivity (Wildman–Crippen MR) is 122 cm³/mol. The van der Waals surface area contributed by atoms with Gasteiger partial charge in [-0.2, -0.15) is 0 Å². The number of carbonyl (C=O) groups is 2. The zero-order valence-corrected chi connectivity index (χ0v) is 17.5. The number of amides is 2. The molecule has 0 unspecified atom stereocenters. The fourth-order valence-corrected chi connectivity index (χ4v) is 4.41. The molecule has 0 aliphatic heterocycles. The number of thiophene rings is 1. The van der Waals surface area contributed by atoms with Gasteiger partial charge >= 0.3 is 0 Å². The Labute approximate surface area is 182 Å². The Morgan fingerprint density at radius 3 is 2.30 bits per heavy atom. The molecule has 2 amide bonds. The number of para-hydroxylation sites is 1. The first kappa shape index (κ1) is 19.9. The van der Waals surface area contributed by atoms with Gasteiger partial charge in [-0.1, -0.05) is 41.9 Å². The Hall–Kier alpha value is -3.35. The highest BCUT2D eigenvalue weighted by atomic mass is 35.5. The summed E-state index contributed by atoms with van der Waals surface area (Å²) in [6, 6.07) is 21.4. The summed E-state index contributed by atoms with van der Waals surface area (Å²) in [6.45, 7) is 0. The van der Waals surface area contributed by atoms with Crippen LogP contribution < -0.4 is 15.4 Å². The number of rotatable bonds is 5. The Balaban J connectivity index is 1.57. The highest BCUT2D eigenvalue weighted by Gasteiger charge is 2.19. The summed E-state index contributed by atoms with van der Waals surface area (Å²) in [7, 11) is 1.58. The zero-order chi connectivity index (χ0) is 21.1. The van der Waals surface area contributed by atoms with E-state index < -0.39 is 0 Å². The van der Waals surface area contributed by atoms with Gasteiger partial charge < -0.3 is 15.4 Å². The van der Waals surface area contributed by atoms with Crippen molar-refractivity contribution in [2.45, 2.75) is 0 Å². The van der Waals surface area contributed by atoms with Crippen LogP contribution in [0.5, 0.6) is 5.75 Å². The van der Waals surface area contributed by atoms with Crippen molar-refractivity contribution in [2.75, 3.05) is 17.7 Å². The van der Waals surface area contributed by atoms with E-state index in [1.54, 1.807) is 55.6 Å². The second kappa shape index (κ2) is 8.57. The molecule has 2 N–H and O–H groups in total. The van der Waals surface area contributed by atoms with Crippen molar-refractivity contribution >= 4 is 56.2 Å². The third-order valence-corrected chi connectivity index (χ3v) is 6.18. The Morgan fingerprint density at radius 2 is 1.57 bits per heavy atom. The van der Waals surface area contributed by atoms with Gasteiger partial charge in [-0.25, -0.2) is 0 Å². The standard InChI is InChI=1S/C23H17ClN2O3S/c1-29-15-12-10-14(11-13-15)25-22(27)16-6-2-4-8-18(16)26-23(28)21-20(24)17-7-3-5-9-19(17)30-21/h2-13H,1H3,(H,25,27)(H,26,28). The van der Waals surface area contributed by atoms with Crippen LogP contribution in [0.1, 0.15) is 20.0 Å². The third kappa shape index (κ3) is 4.01. The number of benzene rings is 3. The Morgan fingerprint density at radius 1 is 0.867 bits per heavy atom. The molecular weight excluding hydrogens is 420 g/mol. The first-order valence-corrected chi connectivity index (χ1v) is 10.3. The van der Waals surface area contributed by atoms with Gasteiger partial charge in [0.25, 0.3) is 11.8 Å². The number of carbonyl (C=O) groups excluding carboxylic acids is 2. The summed E-state index contributed by atoms with van der Waals surface area (Å²) < 4.78 is 6.05. The smallest absolute Gasteiger partial charge is 0.267 e. The maximum Gasteiger partial charge on any atom is 0.267 e. The summed E-state index contributed by atoms with van der Waals surface area (Å²) in [6.07, 6.45) is 0. The maximum absolute atomic E-state index is 12.9. The molecule has 3 aromatic carbocycles. The van der Waals surface area contributed by atoms with Gasteiger partial charge in [0, 0.05) is 15.8 Å². The van der Waals surface area contributed by atoms with E-state index in [0.717, 1.165) is 10.1 Å². The van der Waals surface area contributed by atoms with Gasteiger partial charge in [0.2, 0.25) is 0 Å². The summed E-state index contributed by atoms with van der Waals surface area (Å²) in [5, 5.41) is 6.89. The van der Waals surface area contributed by atoms with Crippen molar-refractivity contribution in [3.63, 3.8) is 0 Å². The number of hydrogen-bond donors (Lipinski definition) is 2. The van der Waals surface area contributed by atoms with Gasteiger partial charge in [0.15, 0.2) is 0 Å². The van der Waals surface area contributed by atoms with E-state index in [9.17, 15) is 9.59 Å². The number of hydrogen-bond acceptors (Lipinski definition) is 4. The number of halogens is 1. The Kier molecular flexibility index (Phi) is 5.70. The second-order valence-electron chi connectivity index (χ2n) is 6.42. The monoisotopic (exact) mass is 436 g/mol. The third-order valence-electron chi connectivity index (χ3n) is 4.51. The molecular formula is C23H17ClN2O3S. The predicted octanol–water partition coefficient (Wildman–Crippen LogP) is 6.07.